The van der Waals surface area contributed by atoms with E-state index in [4.69, 9.17) is 14.2 Å². The first-order valence-corrected chi connectivity index (χ1v) is 32.0. The summed E-state index contributed by atoms with van der Waals surface area (Å²) < 4.78 is 16.9. The Hall–Kier alpha value is -2.37. The van der Waals surface area contributed by atoms with Crippen LogP contribution in [0.25, 0.3) is 0 Å². The van der Waals surface area contributed by atoms with E-state index in [0.717, 1.165) is 64.2 Å². The first kappa shape index (κ1) is 69.6. The number of hydrogen-bond donors (Lipinski definition) is 0. The van der Waals surface area contributed by atoms with Crippen LogP contribution >= 0.6 is 0 Å². The van der Waals surface area contributed by atoms with Gasteiger partial charge in [0.15, 0.2) is 6.10 Å². The molecule has 6 heteroatoms. The molecular formula is C66H122O6. The zero-order valence-corrected chi connectivity index (χ0v) is 48.5. The normalized spacial score (nSPS) is 12.2. The second-order valence-corrected chi connectivity index (χ2v) is 21.7. The van der Waals surface area contributed by atoms with Crippen molar-refractivity contribution in [1.82, 2.24) is 0 Å². The molecule has 0 aliphatic heterocycles. The topological polar surface area (TPSA) is 78.9 Å². The van der Waals surface area contributed by atoms with Crippen LogP contribution in [0.3, 0.4) is 0 Å². The maximum Gasteiger partial charge on any atom is 0.306 e. The van der Waals surface area contributed by atoms with Crippen LogP contribution in [-0.2, 0) is 28.6 Å². The zero-order valence-electron chi connectivity index (χ0n) is 48.5. The summed E-state index contributed by atoms with van der Waals surface area (Å²) in [5, 5.41) is 0. The van der Waals surface area contributed by atoms with Crippen LogP contribution < -0.4 is 0 Å². The number of carbonyl (C=O) groups excluding carboxylic acids is 3. The fraction of sp³-hybridized carbons (Fsp3) is 0.864. The molecule has 422 valence electrons. The predicted octanol–water partition coefficient (Wildman–Crippen LogP) is 21.6. The Morgan fingerprint density at radius 2 is 0.458 bits per heavy atom. The van der Waals surface area contributed by atoms with Crippen molar-refractivity contribution in [2.75, 3.05) is 13.2 Å². The summed E-state index contributed by atoms with van der Waals surface area (Å²) in [6.45, 7) is 6.68. The fourth-order valence-corrected chi connectivity index (χ4v) is 9.49. The van der Waals surface area contributed by atoms with E-state index in [2.05, 4.69) is 57.2 Å². The lowest BCUT2D eigenvalue weighted by Gasteiger charge is -2.18. The van der Waals surface area contributed by atoms with Gasteiger partial charge in [0.05, 0.1) is 0 Å². The molecule has 0 bridgehead atoms. The molecule has 0 radical (unpaired) electrons. The summed E-state index contributed by atoms with van der Waals surface area (Å²) in [6.07, 6.45) is 74.3. The Bertz CT molecular complexity index is 1210. The highest BCUT2D eigenvalue weighted by Crippen LogP contribution is 2.16. The van der Waals surface area contributed by atoms with Crippen molar-refractivity contribution >= 4 is 17.9 Å². The van der Waals surface area contributed by atoms with Crippen molar-refractivity contribution in [3.8, 4) is 0 Å². The van der Waals surface area contributed by atoms with E-state index in [0.29, 0.717) is 19.3 Å². The molecule has 0 saturated carbocycles. The highest BCUT2D eigenvalue weighted by Gasteiger charge is 2.19. The monoisotopic (exact) mass is 1010 g/mol. The fourth-order valence-electron chi connectivity index (χ4n) is 9.49. The number of ether oxygens (including phenoxy) is 3. The van der Waals surface area contributed by atoms with Gasteiger partial charge in [-0.1, -0.05) is 269 Å². The molecule has 0 fully saturated rings. The Morgan fingerprint density at radius 1 is 0.264 bits per heavy atom. The summed E-state index contributed by atoms with van der Waals surface area (Å²) in [7, 11) is 0. The van der Waals surface area contributed by atoms with Gasteiger partial charge in [0.1, 0.15) is 13.2 Å². The molecule has 0 N–H and O–H groups in total. The summed E-state index contributed by atoms with van der Waals surface area (Å²) in [4.78, 5) is 38.3. The number of allylic oxidation sites excluding steroid dienone is 6. The minimum absolute atomic E-state index is 0.0764. The average Bonchev–Trinajstić information content (AvgIpc) is 3.38. The van der Waals surface area contributed by atoms with Crippen LogP contribution in [0.1, 0.15) is 348 Å². The molecule has 72 heavy (non-hydrogen) atoms. The minimum Gasteiger partial charge on any atom is -0.462 e. The van der Waals surface area contributed by atoms with Crippen LogP contribution in [-0.4, -0.2) is 37.2 Å². The highest BCUT2D eigenvalue weighted by atomic mass is 16.6. The van der Waals surface area contributed by atoms with E-state index in [-0.39, 0.29) is 31.1 Å². The van der Waals surface area contributed by atoms with Gasteiger partial charge in [-0.2, -0.15) is 0 Å². The number of carbonyl (C=O) groups is 3. The van der Waals surface area contributed by atoms with Crippen molar-refractivity contribution in [2.24, 2.45) is 0 Å². The molecule has 0 saturated heterocycles. The van der Waals surface area contributed by atoms with Crippen molar-refractivity contribution < 1.29 is 28.6 Å². The Balaban J connectivity index is 4.36. The van der Waals surface area contributed by atoms with Crippen LogP contribution in [0.15, 0.2) is 36.5 Å². The van der Waals surface area contributed by atoms with Gasteiger partial charge in [0.2, 0.25) is 0 Å². The molecule has 6 nitrogen and oxygen atoms in total. The third-order valence-corrected chi connectivity index (χ3v) is 14.3. The quantitative estimate of drug-likeness (QED) is 0.0261. The maximum atomic E-state index is 12.9. The molecule has 0 aromatic rings. The first-order chi connectivity index (χ1) is 35.5. The van der Waals surface area contributed by atoms with Gasteiger partial charge < -0.3 is 14.2 Å². The second kappa shape index (κ2) is 61.2. The van der Waals surface area contributed by atoms with Gasteiger partial charge in [-0.15, -0.1) is 0 Å². The van der Waals surface area contributed by atoms with E-state index in [9.17, 15) is 14.4 Å². The second-order valence-electron chi connectivity index (χ2n) is 21.7. The smallest absolute Gasteiger partial charge is 0.306 e. The summed E-state index contributed by atoms with van der Waals surface area (Å²) in [5.74, 6) is -0.871. The Kier molecular flexibility index (Phi) is 59.2. The lowest BCUT2D eigenvalue weighted by atomic mass is 10.1. The van der Waals surface area contributed by atoms with Crippen LogP contribution in [0.4, 0.5) is 0 Å². The van der Waals surface area contributed by atoms with E-state index >= 15 is 0 Å². The summed E-state index contributed by atoms with van der Waals surface area (Å²) in [5.41, 5.74) is 0. The molecule has 0 amide bonds. The van der Waals surface area contributed by atoms with Crippen LogP contribution in [0.5, 0.6) is 0 Å². The average molecular weight is 1010 g/mol. The third kappa shape index (κ3) is 58.5. The first-order valence-electron chi connectivity index (χ1n) is 32.0. The Labute approximate surface area is 448 Å². The minimum atomic E-state index is -0.780. The molecular weight excluding hydrogens is 889 g/mol. The molecule has 0 rings (SSSR count). The van der Waals surface area contributed by atoms with Gasteiger partial charge in [-0.3, -0.25) is 14.4 Å². The van der Waals surface area contributed by atoms with E-state index < -0.39 is 6.10 Å². The van der Waals surface area contributed by atoms with Crippen LogP contribution in [0, 0.1) is 0 Å². The van der Waals surface area contributed by atoms with Gasteiger partial charge in [-0.25, -0.2) is 0 Å². The standard InChI is InChI=1S/C66H122O6/c1-4-7-10-13-16-19-22-25-28-31-33-36-38-41-44-47-50-53-56-59-65(68)71-62-63(61-70-64(67)58-55-52-49-46-43-40-37-34-30-27-24-21-18-15-12-9-6-3)72-66(69)60-57-54-51-48-45-42-39-35-32-29-26-23-20-17-14-11-8-5-2/h27,30-31,33,35,39,63H,4-26,28-29,32,34,36-38,40-62H2,1-3H3/b30-27-,33-31-,39-35-. The van der Waals surface area contributed by atoms with Gasteiger partial charge in [0.25, 0.3) is 0 Å². The lowest BCUT2D eigenvalue weighted by Crippen LogP contribution is -2.30. The molecule has 1 unspecified atom stereocenters. The van der Waals surface area contributed by atoms with Crippen molar-refractivity contribution in [1.29, 1.82) is 0 Å². The third-order valence-electron chi connectivity index (χ3n) is 14.3. The Morgan fingerprint density at radius 3 is 0.694 bits per heavy atom. The largest absolute Gasteiger partial charge is 0.462 e. The van der Waals surface area contributed by atoms with Crippen molar-refractivity contribution in [2.45, 2.75) is 354 Å². The molecule has 0 aromatic heterocycles. The molecule has 0 aliphatic carbocycles. The zero-order chi connectivity index (χ0) is 52.2. The maximum absolute atomic E-state index is 12.9. The summed E-state index contributed by atoms with van der Waals surface area (Å²) >= 11 is 0. The molecule has 0 aliphatic rings. The SMILES string of the molecule is CCCCCCCC/C=C\CCCCCCCCCC(=O)OCC(COC(=O)CCCCCCCCC/C=C\CCCCCCCCCC)OC(=O)CCCCCCC/C=C\CCCCCCCCCCC. The van der Waals surface area contributed by atoms with E-state index in [1.165, 1.54) is 244 Å². The van der Waals surface area contributed by atoms with Crippen LogP contribution in [0.2, 0.25) is 0 Å². The highest BCUT2D eigenvalue weighted by molar-refractivity contribution is 5.71. The number of hydrogen-bond acceptors (Lipinski definition) is 6. The van der Waals surface area contributed by atoms with Crippen molar-refractivity contribution in [3.05, 3.63) is 36.5 Å². The van der Waals surface area contributed by atoms with Crippen molar-refractivity contribution in [3.63, 3.8) is 0 Å². The molecule has 0 heterocycles. The predicted molar refractivity (Wildman–Crippen MR) is 312 cm³/mol. The number of esters is 3. The van der Waals surface area contributed by atoms with E-state index in [1.54, 1.807) is 0 Å². The summed E-state index contributed by atoms with van der Waals surface area (Å²) in [6, 6.07) is 0. The van der Waals surface area contributed by atoms with Gasteiger partial charge in [-0.05, 0) is 96.3 Å². The van der Waals surface area contributed by atoms with E-state index in [1.807, 2.05) is 0 Å². The number of unbranched alkanes of at least 4 members (excludes halogenated alkanes) is 42. The molecule has 0 spiro atoms. The molecule has 0 aromatic carbocycles. The van der Waals surface area contributed by atoms with Gasteiger partial charge >= 0.3 is 17.9 Å². The number of rotatable bonds is 59. The lowest BCUT2D eigenvalue weighted by molar-refractivity contribution is -0.167. The van der Waals surface area contributed by atoms with Gasteiger partial charge in [0, 0.05) is 19.3 Å². The molecule has 1 atom stereocenters.